The number of fused-ring (bicyclic) bond motifs is 1. The smallest absolute Gasteiger partial charge is 0.309 e. The number of sulfonamides is 1. The van der Waals surface area contributed by atoms with Crippen molar-refractivity contribution in [1.82, 2.24) is 9.21 Å². The largest absolute Gasteiger partial charge is 0.490 e. The van der Waals surface area contributed by atoms with E-state index in [1.807, 2.05) is 0 Å². The Morgan fingerprint density at radius 1 is 1.00 bits per heavy atom. The second-order valence-corrected chi connectivity index (χ2v) is 11.4. The molecule has 0 bridgehead atoms. The van der Waals surface area contributed by atoms with Crippen LogP contribution in [0.4, 0.5) is 0 Å². The zero-order chi connectivity index (χ0) is 24.3. The normalized spacial score (nSPS) is 21.5. The first kappa shape index (κ1) is 24.8. The SMILES string of the molecule is CC1CCN(C(=O)[C@@H](C)OC(=O)C2CCN(S(=O)(=O)c3ccc4c(c3)OCCCO4)CC2)CC1. The zero-order valence-corrected chi connectivity index (χ0v) is 20.7. The van der Waals surface area contributed by atoms with Crippen molar-refractivity contribution in [3.8, 4) is 11.5 Å². The van der Waals surface area contributed by atoms with Crippen LogP contribution in [0.15, 0.2) is 23.1 Å². The highest BCUT2D eigenvalue weighted by Crippen LogP contribution is 2.34. The van der Waals surface area contributed by atoms with Gasteiger partial charge in [-0.25, -0.2) is 8.42 Å². The van der Waals surface area contributed by atoms with Gasteiger partial charge < -0.3 is 19.1 Å². The van der Waals surface area contributed by atoms with E-state index >= 15 is 0 Å². The Hall–Kier alpha value is -2.33. The van der Waals surface area contributed by atoms with Gasteiger partial charge in [0.1, 0.15) is 0 Å². The van der Waals surface area contributed by atoms with Crippen LogP contribution in [0.3, 0.4) is 0 Å². The van der Waals surface area contributed by atoms with E-state index in [2.05, 4.69) is 6.92 Å². The first-order valence-electron chi connectivity index (χ1n) is 12.1. The van der Waals surface area contributed by atoms with Gasteiger partial charge in [-0.05, 0) is 50.7 Å². The van der Waals surface area contributed by atoms with Gasteiger partial charge in [-0.15, -0.1) is 0 Å². The third kappa shape index (κ3) is 5.49. The van der Waals surface area contributed by atoms with Crippen LogP contribution < -0.4 is 9.47 Å². The summed E-state index contributed by atoms with van der Waals surface area (Å²) in [4.78, 5) is 27.2. The van der Waals surface area contributed by atoms with Gasteiger partial charge in [-0.1, -0.05) is 6.92 Å². The number of carbonyl (C=O) groups excluding carboxylic acids is 2. The number of esters is 1. The minimum atomic E-state index is -3.73. The number of carbonyl (C=O) groups is 2. The van der Waals surface area contributed by atoms with E-state index < -0.39 is 28.0 Å². The zero-order valence-electron chi connectivity index (χ0n) is 19.9. The second-order valence-electron chi connectivity index (χ2n) is 9.42. The van der Waals surface area contributed by atoms with E-state index in [1.165, 1.54) is 16.4 Å². The third-order valence-corrected chi connectivity index (χ3v) is 8.77. The second kappa shape index (κ2) is 10.5. The molecule has 0 spiro atoms. The van der Waals surface area contributed by atoms with Crippen LogP contribution in [0.2, 0.25) is 0 Å². The first-order chi connectivity index (χ1) is 16.3. The van der Waals surface area contributed by atoms with Crippen molar-refractivity contribution in [1.29, 1.82) is 0 Å². The average molecular weight is 495 g/mol. The molecule has 1 aromatic rings. The molecule has 0 radical (unpaired) electrons. The van der Waals surface area contributed by atoms with E-state index in [1.54, 1.807) is 17.9 Å². The number of likely N-dealkylation sites (tertiary alicyclic amines) is 1. The Bertz CT molecular complexity index is 997. The maximum absolute atomic E-state index is 13.2. The molecule has 0 N–H and O–H groups in total. The first-order valence-corrected chi connectivity index (χ1v) is 13.6. The molecule has 0 aromatic heterocycles. The Morgan fingerprint density at radius 3 is 2.32 bits per heavy atom. The Balaban J connectivity index is 1.31. The summed E-state index contributed by atoms with van der Waals surface area (Å²) in [5.41, 5.74) is 0. The van der Waals surface area contributed by atoms with E-state index in [9.17, 15) is 18.0 Å². The van der Waals surface area contributed by atoms with Gasteiger partial charge in [0, 0.05) is 38.7 Å². The highest BCUT2D eigenvalue weighted by atomic mass is 32.2. The number of amides is 1. The van der Waals surface area contributed by atoms with Crippen LogP contribution in [0.5, 0.6) is 11.5 Å². The average Bonchev–Trinajstić information content (AvgIpc) is 3.09. The van der Waals surface area contributed by atoms with Gasteiger partial charge in [0.15, 0.2) is 17.6 Å². The third-order valence-electron chi connectivity index (χ3n) is 6.88. The van der Waals surface area contributed by atoms with E-state index in [0.29, 0.717) is 56.6 Å². The van der Waals surface area contributed by atoms with Crippen molar-refractivity contribution in [3.63, 3.8) is 0 Å². The lowest BCUT2D eigenvalue weighted by molar-refractivity contribution is -0.164. The molecule has 1 atom stereocenters. The standard InChI is InChI=1S/C24H34N2O7S/c1-17-6-10-25(11-7-17)23(27)18(2)33-24(28)19-8-12-26(13-9-19)34(29,30)20-4-5-21-22(16-20)32-15-3-14-31-21/h4-5,16-19H,3,6-15H2,1-2H3/t18-/m1/s1. The monoisotopic (exact) mass is 494 g/mol. The van der Waals surface area contributed by atoms with Crippen LogP contribution in [0.25, 0.3) is 0 Å². The summed E-state index contributed by atoms with van der Waals surface area (Å²) in [6.07, 6.45) is 2.53. The molecular formula is C24H34N2O7S. The highest BCUT2D eigenvalue weighted by molar-refractivity contribution is 7.89. The fourth-order valence-electron chi connectivity index (χ4n) is 4.59. The van der Waals surface area contributed by atoms with Crippen LogP contribution in [0, 0.1) is 11.8 Å². The highest BCUT2D eigenvalue weighted by Gasteiger charge is 2.35. The van der Waals surface area contributed by atoms with Crippen molar-refractivity contribution >= 4 is 21.9 Å². The molecule has 1 amide bonds. The minimum absolute atomic E-state index is 0.146. The number of nitrogens with zero attached hydrogens (tertiary/aromatic N) is 2. The number of ether oxygens (including phenoxy) is 3. The number of hydrogen-bond acceptors (Lipinski definition) is 7. The summed E-state index contributed by atoms with van der Waals surface area (Å²) in [5, 5.41) is 0. The summed E-state index contributed by atoms with van der Waals surface area (Å²) in [6, 6.07) is 4.65. The van der Waals surface area contributed by atoms with E-state index in [-0.39, 0.29) is 23.9 Å². The number of rotatable bonds is 5. The quantitative estimate of drug-likeness (QED) is 0.579. The van der Waals surface area contributed by atoms with Gasteiger partial charge >= 0.3 is 5.97 Å². The van der Waals surface area contributed by atoms with Gasteiger partial charge in [0.05, 0.1) is 24.0 Å². The Kier molecular flexibility index (Phi) is 7.67. The molecule has 2 saturated heterocycles. The molecule has 0 aliphatic carbocycles. The summed E-state index contributed by atoms with van der Waals surface area (Å²) >= 11 is 0. The van der Waals surface area contributed by atoms with Crippen LogP contribution in [0.1, 0.15) is 46.0 Å². The molecule has 3 aliphatic heterocycles. The van der Waals surface area contributed by atoms with Crippen molar-refractivity contribution < 1.29 is 32.2 Å². The molecule has 0 unspecified atom stereocenters. The lowest BCUT2D eigenvalue weighted by Gasteiger charge is -2.33. The summed E-state index contributed by atoms with van der Waals surface area (Å²) in [6.45, 7) is 6.60. The lowest BCUT2D eigenvalue weighted by Crippen LogP contribution is -2.45. The van der Waals surface area contributed by atoms with Gasteiger partial charge in [-0.3, -0.25) is 9.59 Å². The predicted molar refractivity (Wildman–Crippen MR) is 124 cm³/mol. The van der Waals surface area contributed by atoms with Crippen LogP contribution in [-0.4, -0.2) is 75.0 Å². The summed E-state index contributed by atoms with van der Waals surface area (Å²) in [5.74, 6) is 0.565. The summed E-state index contributed by atoms with van der Waals surface area (Å²) < 4.78 is 44.4. The molecule has 4 rings (SSSR count). The number of benzene rings is 1. The summed E-state index contributed by atoms with van der Waals surface area (Å²) in [7, 11) is -3.73. The molecule has 1 aromatic carbocycles. The molecule has 10 heteroatoms. The van der Waals surface area contributed by atoms with E-state index in [0.717, 1.165) is 19.3 Å². The van der Waals surface area contributed by atoms with E-state index in [4.69, 9.17) is 14.2 Å². The van der Waals surface area contributed by atoms with Gasteiger partial charge in [0.2, 0.25) is 10.0 Å². The van der Waals surface area contributed by atoms with Crippen molar-refractivity contribution in [2.75, 3.05) is 39.4 Å². The molecule has 0 saturated carbocycles. The molecule has 188 valence electrons. The minimum Gasteiger partial charge on any atom is -0.490 e. The molecule has 3 aliphatic rings. The molecule has 34 heavy (non-hydrogen) atoms. The van der Waals surface area contributed by atoms with Crippen molar-refractivity contribution in [3.05, 3.63) is 18.2 Å². The van der Waals surface area contributed by atoms with Crippen molar-refractivity contribution in [2.24, 2.45) is 11.8 Å². The van der Waals surface area contributed by atoms with Gasteiger partial charge in [0.25, 0.3) is 5.91 Å². The molecular weight excluding hydrogens is 460 g/mol. The molecule has 3 heterocycles. The molecule has 2 fully saturated rings. The van der Waals surface area contributed by atoms with Crippen LogP contribution in [-0.2, 0) is 24.3 Å². The number of piperidine rings is 2. The fourth-order valence-corrected chi connectivity index (χ4v) is 6.08. The number of hydrogen-bond donors (Lipinski definition) is 0. The predicted octanol–water partition coefficient (Wildman–Crippen LogP) is 2.44. The van der Waals surface area contributed by atoms with Gasteiger partial charge in [-0.2, -0.15) is 4.31 Å². The van der Waals surface area contributed by atoms with Crippen molar-refractivity contribution in [2.45, 2.75) is 57.0 Å². The maximum atomic E-state index is 13.2. The lowest BCUT2D eigenvalue weighted by atomic mass is 9.98. The van der Waals surface area contributed by atoms with Crippen LogP contribution >= 0.6 is 0 Å². The fraction of sp³-hybridized carbons (Fsp3) is 0.667. The maximum Gasteiger partial charge on any atom is 0.309 e. The Labute approximate surface area is 201 Å². The Morgan fingerprint density at radius 2 is 1.65 bits per heavy atom. The molecule has 9 nitrogen and oxygen atoms in total. The topological polar surface area (TPSA) is 102 Å².